The van der Waals surface area contributed by atoms with Crippen molar-refractivity contribution in [1.82, 2.24) is 4.57 Å². The number of nitrogens with one attached hydrogen (secondary N) is 1. The van der Waals surface area contributed by atoms with Crippen molar-refractivity contribution >= 4 is 29.4 Å². The van der Waals surface area contributed by atoms with E-state index in [-0.39, 0.29) is 5.91 Å². The third kappa shape index (κ3) is 4.98. The molecule has 0 radical (unpaired) electrons. The number of para-hydroxylation sites is 2. The second-order valence-electron chi connectivity index (χ2n) is 5.86. The highest BCUT2D eigenvalue weighted by Gasteiger charge is 2.01. The molecule has 0 saturated carbocycles. The molecule has 1 heterocycles. The fourth-order valence-electron chi connectivity index (χ4n) is 2.50. The fraction of sp³-hybridized carbons (Fsp3) is 0.0455. The van der Waals surface area contributed by atoms with Gasteiger partial charge in [0.1, 0.15) is 0 Å². The summed E-state index contributed by atoms with van der Waals surface area (Å²) in [5, 5.41) is 2.77. The lowest BCUT2D eigenvalue weighted by molar-refractivity contribution is -0.111. The summed E-state index contributed by atoms with van der Waals surface area (Å²) < 4.78 is 2.06. The summed E-state index contributed by atoms with van der Waals surface area (Å²) >= 11 is 0. The van der Waals surface area contributed by atoms with Crippen molar-refractivity contribution in [3.8, 4) is 0 Å². The van der Waals surface area contributed by atoms with E-state index in [2.05, 4.69) is 34.2 Å². The van der Waals surface area contributed by atoms with E-state index in [1.54, 1.807) is 18.2 Å². The van der Waals surface area contributed by atoms with Crippen molar-refractivity contribution in [3.05, 3.63) is 96.3 Å². The molecule has 0 atom stereocenters. The lowest BCUT2D eigenvalue weighted by Crippen LogP contribution is -2.09. The topological polar surface area (TPSA) is 60.0 Å². The Morgan fingerprint density at radius 1 is 0.962 bits per heavy atom. The van der Waals surface area contributed by atoms with E-state index in [4.69, 9.17) is 5.73 Å². The van der Waals surface area contributed by atoms with E-state index < -0.39 is 0 Å². The lowest BCUT2D eigenvalue weighted by atomic mass is 10.2. The van der Waals surface area contributed by atoms with Gasteiger partial charge in [0.05, 0.1) is 11.4 Å². The van der Waals surface area contributed by atoms with Crippen LogP contribution in [0.1, 0.15) is 11.1 Å². The first-order valence-electron chi connectivity index (χ1n) is 8.42. The number of carbonyl (C=O) groups excluding carboxylic acids is 1. The molecule has 26 heavy (non-hydrogen) atoms. The first kappa shape index (κ1) is 17.3. The molecule has 0 aliphatic heterocycles. The van der Waals surface area contributed by atoms with Crippen LogP contribution >= 0.6 is 0 Å². The number of allylic oxidation sites excluding steroid dienone is 1. The van der Waals surface area contributed by atoms with Crippen molar-refractivity contribution in [1.29, 1.82) is 0 Å². The minimum Gasteiger partial charge on any atom is -0.397 e. The third-order valence-electron chi connectivity index (χ3n) is 3.85. The zero-order chi connectivity index (χ0) is 18.2. The summed E-state index contributed by atoms with van der Waals surface area (Å²) in [4.78, 5) is 12.0. The zero-order valence-corrected chi connectivity index (χ0v) is 14.4. The van der Waals surface area contributed by atoms with Crippen LogP contribution in [0, 0.1) is 0 Å². The number of hydrogen-bond acceptors (Lipinski definition) is 2. The van der Waals surface area contributed by atoms with E-state index in [1.807, 2.05) is 48.8 Å². The molecule has 0 spiro atoms. The summed E-state index contributed by atoms with van der Waals surface area (Å²) in [5.41, 5.74) is 9.13. The molecule has 0 saturated heterocycles. The molecule has 3 N–H and O–H groups in total. The van der Waals surface area contributed by atoms with Gasteiger partial charge in [0.15, 0.2) is 0 Å². The highest BCUT2D eigenvalue weighted by atomic mass is 16.1. The SMILES string of the molecule is Nc1ccccc1NC(=O)/C=C/c1ccn(C/C=C/c2ccccc2)c1. The normalized spacial score (nSPS) is 11.2. The van der Waals surface area contributed by atoms with Gasteiger partial charge in [-0.05, 0) is 35.4 Å². The van der Waals surface area contributed by atoms with Gasteiger partial charge in [-0.25, -0.2) is 0 Å². The fourth-order valence-corrected chi connectivity index (χ4v) is 2.50. The summed E-state index contributed by atoms with van der Waals surface area (Å²) in [6.07, 6.45) is 11.5. The van der Waals surface area contributed by atoms with Gasteiger partial charge in [-0.2, -0.15) is 0 Å². The molecule has 4 heteroatoms. The molecule has 3 aromatic rings. The number of anilines is 2. The average molecular weight is 343 g/mol. The second kappa shape index (κ2) is 8.53. The van der Waals surface area contributed by atoms with Crippen molar-refractivity contribution in [3.63, 3.8) is 0 Å². The van der Waals surface area contributed by atoms with Crippen LogP contribution in [0.25, 0.3) is 12.2 Å². The van der Waals surface area contributed by atoms with Gasteiger partial charge >= 0.3 is 0 Å². The van der Waals surface area contributed by atoms with Crippen LogP contribution in [0.15, 0.2) is 85.2 Å². The predicted molar refractivity (Wildman–Crippen MR) is 108 cm³/mol. The predicted octanol–water partition coefficient (Wildman–Crippen LogP) is 4.44. The Balaban J connectivity index is 1.54. The van der Waals surface area contributed by atoms with Gasteiger partial charge in [0, 0.05) is 25.0 Å². The van der Waals surface area contributed by atoms with E-state index in [0.717, 1.165) is 12.1 Å². The minimum atomic E-state index is -0.209. The van der Waals surface area contributed by atoms with Gasteiger partial charge in [0.25, 0.3) is 0 Å². The van der Waals surface area contributed by atoms with Gasteiger partial charge in [-0.15, -0.1) is 0 Å². The maximum absolute atomic E-state index is 12.0. The zero-order valence-electron chi connectivity index (χ0n) is 14.4. The molecule has 0 aliphatic carbocycles. The number of nitrogens with two attached hydrogens (primary N) is 1. The molecule has 0 bridgehead atoms. The molecule has 1 amide bonds. The average Bonchev–Trinajstić information content (AvgIpc) is 3.11. The Hall–Kier alpha value is -3.53. The third-order valence-corrected chi connectivity index (χ3v) is 3.85. The van der Waals surface area contributed by atoms with Crippen molar-refractivity contribution in [2.24, 2.45) is 0 Å². The Kier molecular flexibility index (Phi) is 5.68. The monoisotopic (exact) mass is 343 g/mol. The maximum atomic E-state index is 12.0. The van der Waals surface area contributed by atoms with Crippen LogP contribution in [0.2, 0.25) is 0 Å². The van der Waals surface area contributed by atoms with Crippen molar-refractivity contribution < 1.29 is 4.79 Å². The first-order valence-corrected chi connectivity index (χ1v) is 8.42. The number of carbonyl (C=O) groups is 1. The first-order chi connectivity index (χ1) is 12.7. The van der Waals surface area contributed by atoms with E-state index in [1.165, 1.54) is 11.6 Å². The number of nitrogen functional groups attached to an aromatic ring is 1. The molecule has 4 nitrogen and oxygen atoms in total. The van der Waals surface area contributed by atoms with Gasteiger partial charge < -0.3 is 15.6 Å². The molecular formula is C22H21N3O. The van der Waals surface area contributed by atoms with E-state index >= 15 is 0 Å². The van der Waals surface area contributed by atoms with Gasteiger partial charge in [-0.1, -0.05) is 54.6 Å². The molecule has 1 aromatic heterocycles. The molecule has 0 unspecified atom stereocenters. The lowest BCUT2D eigenvalue weighted by Gasteiger charge is -2.04. The van der Waals surface area contributed by atoms with Crippen LogP contribution in [0.4, 0.5) is 11.4 Å². The molecule has 3 rings (SSSR count). The highest BCUT2D eigenvalue weighted by Crippen LogP contribution is 2.16. The number of benzene rings is 2. The Labute approximate surface area is 153 Å². The summed E-state index contributed by atoms with van der Waals surface area (Å²) in [7, 11) is 0. The van der Waals surface area contributed by atoms with Crippen LogP contribution in [0.5, 0.6) is 0 Å². The largest absolute Gasteiger partial charge is 0.397 e. The minimum absolute atomic E-state index is 0.209. The molecule has 130 valence electrons. The summed E-state index contributed by atoms with van der Waals surface area (Å²) in [6, 6.07) is 19.3. The summed E-state index contributed by atoms with van der Waals surface area (Å²) in [6.45, 7) is 0.773. The highest BCUT2D eigenvalue weighted by molar-refractivity contribution is 6.03. The van der Waals surface area contributed by atoms with Crippen LogP contribution < -0.4 is 11.1 Å². The number of rotatable bonds is 6. The van der Waals surface area contributed by atoms with Crippen molar-refractivity contribution in [2.45, 2.75) is 6.54 Å². The maximum Gasteiger partial charge on any atom is 0.248 e. The standard InChI is InChI=1S/C22H21N3O/c23-20-10-4-5-11-21(20)24-22(26)13-12-19-14-16-25(17-19)15-6-9-18-7-2-1-3-8-18/h1-14,16-17H,15,23H2,(H,24,26)/b9-6+,13-12+. The number of amides is 1. The Morgan fingerprint density at radius 3 is 2.54 bits per heavy atom. The molecule has 0 fully saturated rings. The quantitative estimate of drug-likeness (QED) is 0.513. The van der Waals surface area contributed by atoms with Crippen LogP contribution in [-0.2, 0) is 11.3 Å². The van der Waals surface area contributed by atoms with Crippen molar-refractivity contribution in [2.75, 3.05) is 11.1 Å². The van der Waals surface area contributed by atoms with E-state index in [0.29, 0.717) is 11.4 Å². The molecule has 2 aromatic carbocycles. The van der Waals surface area contributed by atoms with Crippen LogP contribution in [-0.4, -0.2) is 10.5 Å². The second-order valence-corrected chi connectivity index (χ2v) is 5.86. The number of aromatic nitrogens is 1. The number of nitrogens with zero attached hydrogens (tertiary/aromatic N) is 1. The Bertz CT molecular complexity index is 923. The number of hydrogen-bond donors (Lipinski definition) is 2. The Morgan fingerprint density at radius 2 is 1.73 bits per heavy atom. The molecular weight excluding hydrogens is 322 g/mol. The van der Waals surface area contributed by atoms with E-state index in [9.17, 15) is 4.79 Å². The summed E-state index contributed by atoms with van der Waals surface area (Å²) in [5.74, 6) is -0.209. The molecule has 0 aliphatic rings. The van der Waals surface area contributed by atoms with Crippen LogP contribution in [0.3, 0.4) is 0 Å². The van der Waals surface area contributed by atoms with Gasteiger partial charge in [0.2, 0.25) is 5.91 Å². The van der Waals surface area contributed by atoms with Gasteiger partial charge in [-0.3, -0.25) is 4.79 Å². The smallest absolute Gasteiger partial charge is 0.248 e.